The molecule has 2 rings (SSSR count). The summed E-state index contributed by atoms with van der Waals surface area (Å²) in [5.41, 5.74) is 1.12. The second-order valence-corrected chi connectivity index (χ2v) is 5.11. The summed E-state index contributed by atoms with van der Waals surface area (Å²) >= 11 is 12.2. The molecule has 0 spiro atoms. The fraction of sp³-hybridized carbons (Fsp3) is 0.385. The summed E-state index contributed by atoms with van der Waals surface area (Å²) < 4.78 is 1.84. The minimum absolute atomic E-state index is 0.335. The van der Waals surface area contributed by atoms with Crippen molar-refractivity contribution in [3.63, 3.8) is 0 Å². The van der Waals surface area contributed by atoms with E-state index in [1.807, 2.05) is 16.8 Å². The van der Waals surface area contributed by atoms with Gasteiger partial charge in [0.15, 0.2) is 0 Å². The largest absolute Gasteiger partial charge is 0.252 e. The predicted octanol–water partition coefficient (Wildman–Crippen LogP) is 4.17. The van der Waals surface area contributed by atoms with Gasteiger partial charge in [0.2, 0.25) is 0 Å². The van der Waals surface area contributed by atoms with E-state index in [2.05, 4.69) is 17.0 Å². The van der Waals surface area contributed by atoms with Crippen molar-refractivity contribution in [2.75, 3.05) is 0 Å². The van der Waals surface area contributed by atoms with E-state index in [4.69, 9.17) is 23.2 Å². The maximum atomic E-state index is 6.27. The van der Waals surface area contributed by atoms with Crippen molar-refractivity contribution in [3.05, 3.63) is 46.5 Å². The van der Waals surface area contributed by atoms with Crippen LogP contribution >= 0.6 is 23.2 Å². The van der Waals surface area contributed by atoms with Crippen LogP contribution in [-0.2, 0) is 6.54 Å². The molecule has 0 amide bonds. The van der Waals surface area contributed by atoms with Crippen LogP contribution in [0, 0.1) is 0 Å². The summed E-state index contributed by atoms with van der Waals surface area (Å²) in [7, 11) is 0. The second kappa shape index (κ2) is 6.21. The summed E-state index contributed by atoms with van der Waals surface area (Å²) in [5.74, 6) is 0.335. The molecule has 0 saturated heterocycles. The van der Waals surface area contributed by atoms with E-state index in [9.17, 15) is 0 Å². The standard InChI is InChI=1S/C13H15Cl2N3/c1-2-3-10(7-18-9-16-8-17-18)12-5-4-11(14)6-13(12)15/h4-6,8-10H,2-3,7H2,1H3/t10-/m0/s1. The van der Waals surface area contributed by atoms with E-state index >= 15 is 0 Å². The van der Waals surface area contributed by atoms with Crippen LogP contribution in [0.2, 0.25) is 10.0 Å². The van der Waals surface area contributed by atoms with Crippen LogP contribution in [0.4, 0.5) is 0 Å². The molecular weight excluding hydrogens is 269 g/mol. The summed E-state index contributed by atoms with van der Waals surface area (Å²) in [5, 5.41) is 5.54. The Kier molecular flexibility index (Phi) is 4.61. The molecular formula is C13H15Cl2N3. The Bertz CT molecular complexity index is 497. The molecule has 18 heavy (non-hydrogen) atoms. The van der Waals surface area contributed by atoms with Gasteiger partial charge in [0.25, 0.3) is 0 Å². The van der Waals surface area contributed by atoms with Crippen molar-refractivity contribution in [3.8, 4) is 0 Å². The lowest BCUT2D eigenvalue weighted by Crippen LogP contribution is -2.10. The normalized spacial score (nSPS) is 12.6. The average molecular weight is 284 g/mol. The van der Waals surface area contributed by atoms with Gasteiger partial charge in [-0.05, 0) is 24.1 Å². The third kappa shape index (κ3) is 3.24. The molecule has 0 aliphatic rings. The SMILES string of the molecule is CCC[C@@H](Cn1cncn1)c1ccc(Cl)cc1Cl. The molecule has 0 saturated carbocycles. The molecule has 0 unspecified atom stereocenters. The van der Waals surface area contributed by atoms with Crippen LogP contribution in [0.3, 0.4) is 0 Å². The first kappa shape index (κ1) is 13.4. The third-order valence-corrected chi connectivity index (χ3v) is 3.48. The van der Waals surface area contributed by atoms with E-state index < -0.39 is 0 Å². The van der Waals surface area contributed by atoms with Crippen LogP contribution in [0.25, 0.3) is 0 Å². The first-order chi connectivity index (χ1) is 8.70. The Balaban J connectivity index is 2.23. The van der Waals surface area contributed by atoms with Crippen molar-refractivity contribution >= 4 is 23.2 Å². The average Bonchev–Trinajstić information content (AvgIpc) is 2.81. The highest BCUT2D eigenvalue weighted by Gasteiger charge is 2.15. The van der Waals surface area contributed by atoms with Gasteiger partial charge in [-0.25, -0.2) is 4.98 Å². The lowest BCUT2D eigenvalue weighted by atomic mass is 9.94. The van der Waals surface area contributed by atoms with Crippen LogP contribution in [0.1, 0.15) is 31.2 Å². The number of halogens is 2. The molecule has 1 aromatic heterocycles. The number of hydrogen-bond donors (Lipinski definition) is 0. The fourth-order valence-corrected chi connectivity index (χ4v) is 2.64. The topological polar surface area (TPSA) is 30.7 Å². The minimum Gasteiger partial charge on any atom is -0.252 e. The zero-order valence-corrected chi connectivity index (χ0v) is 11.7. The minimum atomic E-state index is 0.335. The van der Waals surface area contributed by atoms with E-state index in [1.54, 1.807) is 18.7 Å². The van der Waals surface area contributed by atoms with Crippen LogP contribution in [0.5, 0.6) is 0 Å². The molecule has 0 N–H and O–H groups in total. The maximum absolute atomic E-state index is 6.27. The molecule has 96 valence electrons. The molecule has 0 fully saturated rings. The van der Waals surface area contributed by atoms with Gasteiger partial charge in [-0.3, -0.25) is 4.68 Å². The zero-order chi connectivity index (χ0) is 13.0. The van der Waals surface area contributed by atoms with Crippen molar-refractivity contribution in [2.45, 2.75) is 32.2 Å². The van der Waals surface area contributed by atoms with Crippen LogP contribution in [0.15, 0.2) is 30.9 Å². The van der Waals surface area contributed by atoms with Crippen LogP contribution in [-0.4, -0.2) is 14.8 Å². The summed E-state index contributed by atoms with van der Waals surface area (Å²) in [6, 6.07) is 5.68. The van der Waals surface area contributed by atoms with E-state index in [-0.39, 0.29) is 0 Å². The molecule has 1 aromatic carbocycles. The van der Waals surface area contributed by atoms with Gasteiger partial charge >= 0.3 is 0 Å². The number of rotatable bonds is 5. The Morgan fingerprint density at radius 1 is 1.33 bits per heavy atom. The van der Waals surface area contributed by atoms with Gasteiger partial charge in [-0.2, -0.15) is 5.10 Å². The molecule has 0 aliphatic carbocycles. The van der Waals surface area contributed by atoms with Crippen LogP contribution < -0.4 is 0 Å². The third-order valence-electron chi connectivity index (χ3n) is 2.91. The number of benzene rings is 1. The summed E-state index contributed by atoms with van der Waals surface area (Å²) in [6.45, 7) is 2.95. The Morgan fingerprint density at radius 2 is 2.17 bits per heavy atom. The molecule has 1 heterocycles. The lowest BCUT2D eigenvalue weighted by molar-refractivity contribution is 0.484. The Hall–Kier alpha value is -1.06. The first-order valence-corrected chi connectivity index (χ1v) is 6.73. The quantitative estimate of drug-likeness (QED) is 0.825. The molecule has 0 bridgehead atoms. The van der Waals surface area contributed by atoms with E-state index in [0.717, 1.165) is 30.0 Å². The Morgan fingerprint density at radius 3 is 2.78 bits per heavy atom. The number of nitrogens with zero attached hydrogens (tertiary/aromatic N) is 3. The number of hydrogen-bond acceptors (Lipinski definition) is 2. The van der Waals surface area contributed by atoms with E-state index in [1.165, 1.54) is 0 Å². The molecule has 0 radical (unpaired) electrons. The van der Waals surface area contributed by atoms with Crippen molar-refractivity contribution in [2.24, 2.45) is 0 Å². The Labute approximate surface area is 117 Å². The van der Waals surface area contributed by atoms with Gasteiger partial charge in [-0.1, -0.05) is 42.6 Å². The van der Waals surface area contributed by atoms with Gasteiger partial charge in [-0.15, -0.1) is 0 Å². The highest BCUT2D eigenvalue weighted by molar-refractivity contribution is 6.35. The molecule has 3 nitrogen and oxygen atoms in total. The van der Waals surface area contributed by atoms with Crippen molar-refractivity contribution < 1.29 is 0 Å². The predicted molar refractivity (Wildman–Crippen MR) is 74.1 cm³/mol. The highest BCUT2D eigenvalue weighted by atomic mass is 35.5. The molecule has 0 aliphatic heterocycles. The van der Waals surface area contributed by atoms with Crippen molar-refractivity contribution in [1.29, 1.82) is 0 Å². The second-order valence-electron chi connectivity index (χ2n) is 4.27. The number of aromatic nitrogens is 3. The molecule has 2 aromatic rings. The summed E-state index contributed by atoms with van der Waals surface area (Å²) in [4.78, 5) is 3.96. The monoisotopic (exact) mass is 283 g/mol. The molecule has 5 heteroatoms. The smallest absolute Gasteiger partial charge is 0.137 e. The zero-order valence-electron chi connectivity index (χ0n) is 10.2. The van der Waals surface area contributed by atoms with Gasteiger partial charge in [0.1, 0.15) is 12.7 Å². The van der Waals surface area contributed by atoms with Crippen molar-refractivity contribution in [1.82, 2.24) is 14.8 Å². The van der Waals surface area contributed by atoms with E-state index in [0.29, 0.717) is 10.9 Å². The van der Waals surface area contributed by atoms with Gasteiger partial charge < -0.3 is 0 Å². The van der Waals surface area contributed by atoms with Gasteiger partial charge in [0, 0.05) is 22.5 Å². The fourth-order valence-electron chi connectivity index (χ4n) is 2.08. The first-order valence-electron chi connectivity index (χ1n) is 5.98. The van der Waals surface area contributed by atoms with Gasteiger partial charge in [0.05, 0.1) is 0 Å². The summed E-state index contributed by atoms with van der Waals surface area (Å²) in [6.07, 6.45) is 5.43. The lowest BCUT2D eigenvalue weighted by Gasteiger charge is -2.18. The maximum Gasteiger partial charge on any atom is 0.137 e. The molecule has 1 atom stereocenters. The highest BCUT2D eigenvalue weighted by Crippen LogP contribution is 2.31.